The molecular weight excluding hydrogens is 328 g/mol. The normalized spacial score (nSPS) is 11.0. The predicted octanol–water partition coefficient (Wildman–Crippen LogP) is 2.47. The second kappa shape index (κ2) is 9.02. The third-order valence-electron chi connectivity index (χ3n) is 3.07. The molecule has 0 aliphatic carbocycles. The monoisotopic (exact) mass is 346 g/mol. The minimum Gasteiger partial charge on any atom is -0.504 e. The Balaban J connectivity index is 1.77. The zero-order chi connectivity index (χ0) is 18.1. The van der Waals surface area contributed by atoms with Gasteiger partial charge in [0.25, 0.3) is 6.79 Å². The fourth-order valence-corrected chi connectivity index (χ4v) is 1.83. The van der Waals surface area contributed by atoms with E-state index in [1.807, 2.05) is 0 Å². The van der Waals surface area contributed by atoms with Crippen LogP contribution < -0.4 is 9.47 Å². The standard InChI is InChI=1S/C17H18N2O6/c1-22-16-7-12(3-5-14(16)20)9-18-24-11-25-19-10-13-4-6-15(21)17(8-13)23-2/h3-10,20-21H,11H2,1-2H3. The highest BCUT2D eigenvalue weighted by atomic mass is 16.8. The fourth-order valence-electron chi connectivity index (χ4n) is 1.83. The average molecular weight is 346 g/mol. The summed E-state index contributed by atoms with van der Waals surface area (Å²) in [6, 6.07) is 9.52. The highest BCUT2D eigenvalue weighted by molar-refractivity contribution is 5.81. The van der Waals surface area contributed by atoms with Crippen molar-refractivity contribution in [1.29, 1.82) is 0 Å². The van der Waals surface area contributed by atoms with Gasteiger partial charge in [-0.2, -0.15) is 0 Å². The molecule has 0 saturated heterocycles. The summed E-state index contributed by atoms with van der Waals surface area (Å²) in [5, 5.41) is 26.4. The zero-order valence-corrected chi connectivity index (χ0v) is 13.7. The van der Waals surface area contributed by atoms with Crippen LogP contribution in [0.5, 0.6) is 23.0 Å². The number of ether oxygens (including phenoxy) is 2. The first-order valence-corrected chi connectivity index (χ1v) is 7.18. The molecule has 0 fully saturated rings. The van der Waals surface area contributed by atoms with E-state index in [0.717, 1.165) is 0 Å². The van der Waals surface area contributed by atoms with E-state index in [0.29, 0.717) is 22.6 Å². The molecule has 2 aromatic rings. The Labute approximate surface area is 144 Å². The Kier molecular flexibility index (Phi) is 6.47. The lowest BCUT2D eigenvalue weighted by Gasteiger charge is -2.03. The number of benzene rings is 2. The highest BCUT2D eigenvalue weighted by Crippen LogP contribution is 2.26. The average Bonchev–Trinajstić information content (AvgIpc) is 2.63. The number of nitrogens with zero attached hydrogens (tertiary/aromatic N) is 2. The molecule has 2 aromatic carbocycles. The van der Waals surface area contributed by atoms with Crippen LogP contribution in [-0.4, -0.2) is 43.7 Å². The number of hydrogen-bond donors (Lipinski definition) is 2. The molecule has 2 rings (SSSR count). The molecule has 2 N–H and O–H groups in total. The van der Waals surface area contributed by atoms with Gasteiger partial charge in [-0.15, -0.1) is 0 Å². The molecule has 8 nitrogen and oxygen atoms in total. The van der Waals surface area contributed by atoms with Crippen molar-refractivity contribution >= 4 is 12.4 Å². The lowest BCUT2D eigenvalue weighted by Crippen LogP contribution is -1.93. The largest absolute Gasteiger partial charge is 0.504 e. The van der Waals surface area contributed by atoms with Gasteiger partial charge < -0.3 is 29.4 Å². The number of aromatic hydroxyl groups is 2. The smallest absolute Gasteiger partial charge is 0.280 e. The van der Waals surface area contributed by atoms with Crippen LogP contribution in [-0.2, 0) is 9.68 Å². The van der Waals surface area contributed by atoms with Gasteiger partial charge >= 0.3 is 0 Å². The van der Waals surface area contributed by atoms with Crippen LogP contribution in [0.15, 0.2) is 46.7 Å². The number of hydrogen-bond acceptors (Lipinski definition) is 8. The fraction of sp³-hybridized carbons (Fsp3) is 0.176. The molecule has 0 heterocycles. The first-order chi connectivity index (χ1) is 12.1. The molecule has 0 aromatic heterocycles. The number of rotatable bonds is 8. The number of oxime groups is 2. The maximum Gasteiger partial charge on any atom is 0.280 e. The number of methoxy groups -OCH3 is 2. The molecule has 0 amide bonds. The van der Waals surface area contributed by atoms with E-state index in [1.165, 1.54) is 38.8 Å². The van der Waals surface area contributed by atoms with E-state index >= 15 is 0 Å². The van der Waals surface area contributed by atoms with Crippen LogP contribution in [0.3, 0.4) is 0 Å². The minimum absolute atomic E-state index is 0.0455. The zero-order valence-electron chi connectivity index (χ0n) is 13.7. The number of phenolic OH excluding ortho intramolecular Hbond substituents is 2. The van der Waals surface area contributed by atoms with Crippen LogP contribution in [0.1, 0.15) is 11.1 Å². The Morgan fingerprint density at radius 3 is 1.64 bits per heavy atom. The SMILES string of the molecule is COc1cc(C=NOCON=Cc2ccc(O)c(OC)c2)ccc1O. The third-order valence-corrected chi connectivity index (χ3v) is 3.07. The lowest BCUT2D eigenvalue weighted by atomic mass is 10.2. The highest BCUT2D eigenvalue weighted by Gasteiger charge is 2.01. The maximum absolute atomic E-state index is 9.49. The molecule has 0 aliphatic rings. The molecule has 0 radical (unpaired) electrons. The maximum atomic E-state index is 9.49. The van der Waals surface area contributed by atoms with Gasteiger partial charge in [-0.25, -0.2) is 0 Å². The van der Waals surface area contributed by atoms with Crippen molar-refractivity contribution < 1.29 is 29.4 Å². The van der Waals surface area contributed by atoms with Crippen molar-refractivity contribution in [2.24, 2.45) is 10.3 Å². The van der Waals surface area contributed by atoms with E-state index < -0.39 is 0 Å². The van der Waals surface area contributed by atoms with Gasteiger partial charge in [0.15, 0.2) is 23.0 Å². The van der Waals surface area contributed by atoms with Crippen molar-refractivity contribution in [3.63, 3.8) is 0 Å². The molecule has 132 valence electrons. The summed E-state index contributed by atoms with van der Waals surface area (Å²) in [5.41, 5.74) is 1.38. The van der Waals surface area contributed by atoms with Gasteiger partial charge in [0, 0.05) is 11.1 Å². The lowest BCUT2D eigenvalue weighted by molar-refractivity contribution is -0.0493. The first kappa shape index (κ1) is 17.9. The molecule has 0 atom stereocenters. The Morgan fingerprint density at radius 1 is 0.800 bits per heavy atom. The summed E-state index contributed by atoms with van der Waals surface area (Å²) in [6.07, 6.45) is 2.89. The van der Waals surface area contributed by atoms with Gasteiger partial charge in [-0.05, 0) is 36.4 Å². The third kappa shape index (κ3) is 5.31. The Morgan fingerprint density at radius 2 is 1.24 bits per heavy atom. The van der Waals surface area contributed by atoms with Crippen molar-refractivity contribution in [3.05, 3.63) is 47.5 Å². The van der Waals surface area contributed by atoms with Crippen molar-refractivity contribution in [2.45, 2.75) is 0 Å². The quantitative estimate of drug-likeness (QED) is 0.329. The van der Waals surface area contributed by atoms with Crippen LogP contribution in [0.25, 0.3) is 0 Å². The summed E-state index contributed by atoms with van der Waals surface area (Å²) in [5.74, 6) is 0.774. The molecule has 0 bridgehead atoms. The Hall–Kier alpha value is -3.42. The molecule has 0 unspecified atom stereocenters. The van der Waals surface area contributed by atoms with Crippen LogP contribution in [0.4, 0.5) is 0 Å². The van der Waals surface area contributed by atoms with Crippen LogP contribution in [0, 0.1) is 0 Å². The Bertz CT molecular complexity index is 697. The van der Waals surface area contributed by atoms with Gasteiger partial charge in [0.2, 0.25) is 0 Å². The molecule has 8 heteroatoms. The van der Waals surface area contributed by atoms with E-state index in [4.69, 9.17) is 19.1 Å². The van der Waals surface area contributed by atoms with E-state index in [-0.39, 0.29) is 18.3 Å². The summed E-state index contributed by atoms with van der Waals surface area (Å²) in [7, 11) is 2.92. The topological polar surface area (TPSA) is 102 Å². The predicted molar refractivity (Wildman–Crippen MR) is 91.5 cm³/mol. The van der Waals surface area contributed by atoms with E-state index in [1.54, 1.807) is 24.3 Å². The number of phenols is 2. The van der Waals surface area contributed by atoms with Crippen molar-refractivity contribution in [3.8, 4) is 23.0 Å². The van der Waals surface area contributed by atoms with E-state index in [9.17, 15) is 10.2 Å². The van der Waals surface area contributed by atoms with E-state index in [2.05, 4.69) is 10.3 Å². The summed E-state index contributed by atoms with van der Waals surface area (Å²) < 4.78 is 9.98. The molecule has 0 aliphatic heterocycles. The molecule has 25 heavy (non-hydrogen) atoms. The second-order valence-corrected chi connectivity index (χ2v) is 4.71. The second-order valence-electron chi connectivity index (χ2n) is 4.71. The summed E-state index contributed by atoms with van der Waals surface area (Å²) in [6.45, 7) is -0.183. The van der Waals surface area contributed by atoms with Gasteiger partial charge in [0.05, 0.1) is 26.6 Å². The summed E-state index contributed by atoms with van der Waals surface area (Å²) in [4.78, 5) is 9.82. The van der Waals surface area contributed by atoms with Crippen LogP contribution in [0.2, 0.25) is 0 Å². The molecular formula is C17H18N2O6. The van der Waals surface area contributed by atoms with Gasteiger partial charge in [-0.1, -0.05) is 10.3 Å². The minimum atomic E-state index is -0.183. The summed E-state index contributed by atoms with van der Waals surface area (Å²) >= 11 is 0. The van der Waals surface area contributed by atoms with Gasteiger partial charge in [0.1, 0.15) is 0 Å². The molecule has 0 spiro atoms. The van der Waals surface area contributed by atoms with Crippen molar-refractivity contribution in [1.82, 2.24) is 0 Å². The molecule has 0 saturated carbocycles. The van der Waals surface area contributed by atoms with Crippen LogP contribution >= 0.6 is 0 Å². The first-order valence-electron chi connectivity index (χ1n) is 7.18. The van der Waals surface area contributed by atoms with Gasteiger partial charge in [-0.3, -0.25) is 0 Å². The van der Waals surface area contributed by atoms with Crippen molar-refractivity contribution in [2.75, 3.05) is 21.0 Å².